The van der Waals surface area contributed by atoms with Gasteiger partial charge in [-0.3, -0.25) is 0 Å². The Morgan fingerprint density at radius 1 is 1.05 bits per heavy atom. The maximum atomic E-state index is 5.34. The monoisotopic (exact) mass is 275 g/mol. The summed E-state index contributed by atoms with van der Waals surface area (Å²) in [6.45, 7) is 0. The summed E-state index contributed by atoms with van der Waals surface area (Å²) in [6.07, 6.45) is 5.35. The summed E-state index contributed by atoms with van der Waals surface area (Å²) in [7, 11) is 5.28. The molecular weight excluding hydrogens is 254 g/mol. The van der Waals surface area contributed by atoms with Crippen molar-refractivity contribution in [2.75, 3.05) is 21.3 Å². The van der Waals surface area contributed by atoms with Crippen LogP contribution in [0.4, 0.5) is 0 Å². The lowest BCUT2D eigenvalue weighted by Crippen LogP contribution is -2.29. The number of benzene rings is 1. The number of hydrogen-bond acceptors (Lipinski definition) is 4. The molecule has 0 amide bonds. The van der Waals surface area contributed by atoms with Gasteiger partial charge in [0.2, 0.25) is 0 Å². The van der Waals surface area contributed by atoms with Crippen LogP contribution in [0, 0.1) is 0 Å². The average molecular weight is 275 g/mol. The molecule has 1 unspecified atom stereocenters. The molecule has 0 aliphatic heterocycles. The molecule has 20 heavy (non-hydrogen) atoms. The number of rotatable bonds is 7. The zero-order valence-corrected chi connectivity index (χ0v) is 12.2. The highest BCUT2D eigenvalue weighted by Crippen LogP contribution is 2.28. The lowest BCUT2D eigenvalue weighted by Gasteiger charge is -2.16. The summed E-state index contributed by atoms with van der Waals surface area (Å²) in [6, 6.07) is 8.39. The largest absolute Gasteiger partial charge is 0.493 e. The number of furan rings is 1. The quantitative estimate of drug-likeness (QED) is 0.843. The second-order valence-electron chi connectivity index (χ2n) is 4.71. The van der Waals surface area contributed by atoms with Crippen molar-refractivity contribution >= 4 is 0 Å². The van der Waals surface area contributed by atoms with E-state index >= 15 is 0 Å². The molecule has 0 radical (unpaired) electrons. The van der Waals surface area contributed by atoms with E-state index in [0.717, 1.165) is 24.3 Å². The highest BCUT2D eigenvalue weighted by atomic mass is 16.5. The molecule has 0 fully saturated rings. The minimum atomic E-state index is 0.353. The van der Waals surface area contributed by atoms with E-state index in [9.17, 15) is 0 Å². The van der Waals surface area contributed by atoms with Gasteiger partial charge in [-0.05, 0) is 49.2 Å². The molecule has 0 saturated heterocycles. The topological polar surface area (TPSA) is 43.6 Å². The Bertz CT molecular complexity index is 523. The third-order valence-corrected chi connectivity index (χ3v) is 3.40. The van der Waals surface area contributed by atoms with E-state index in [1.807, 2.05) is 25.2 Å². The third-order valence-electron chi connectivity index (χ3n) is 3.40. The van der Waals surface area contributed by atoms with E-state index in [2.05, 4.69) is 11.4 Å². The summed E-state index contributed by atoms with van der Waals surface area (Å²) in [5.74, 6) is 1.52. The van der Waals surface area contributed by atoms with Crippen LogP contribution in [0.5, 0.6) is 11.5 Å². The Balaban J connectivity index is 2.07. The van der Waals surface area contributed by atoms with Crippen LogP contribution < -0.4 is 14.8 Å². The van der Waals surface area contributed by atoms with Gasteiger partial charge >= 0.3 is 0 Å². The molecule has 2 aromatic rings. The van der Waals surface area contributed by atoms with Crippen LogP contribution in [0.2, 0.25) is 0 Å². The van der Waals surface area contributed by atoms with Crippen molar-refractivity contribution in [1.82, 2.24) is 5.32 Å². The fourth-order valence-electron chi connectivity index (χ4n) is 2.26. The molecule has 1 aromatic carbocycles. The van der Waals surface area contributed by atoms with E-state index < -0.39 is 0 Å². The molecule has 1 heterocycles. The van der Waals surface area contributed by atoms with Gasteiger partial charge in [0.25, 0.3) is 0 Å². The standard InChI is InChI=1S/C16H21NO3/c1-17-14(9-13-6-7-20-11-13)8-12-4-5-15(18-2)16(10-12)19-3/h4-7,10-11,14,17H,8-9H2,1-3H3. The summed E-state index contributed by atoms with van der Waals surface area (Å²) in [5.41, 5.74) is 2.41. The zero-order valence-electron chi connectivity index (χ0n) is 12.2. The predicted molar refractivity (Wildman–Crippen MR) is 78.5 cm³/mol. The second kappa shape index (κ2) is 7.01. The number of likely N-dealkylation sites (N-methyl/N-ethyl adjacent to an activating group) is 1. The fourth-order valence-corrected chi connectivity index (χ4v) is 2.26. The molecule has 0 bridgehead atoms. The maximum absolute atomic E-state index is 5.34. The minimum Gasteiger partial charge on any atom is -0.493 e. The molecule has 0 aliphatic rings. The van der Waals surface area contributed by atoms with Crippen molar-refractivity contribution < 1.29 is 13.9 Å². The van der Waals surface area contributed by atoms with Gasteiger partial charge in [-0.1, -0.05) is 6.07 Å². The van der Waals surface area contributed by atoms with Gasteiger partial charge in [0, 0.05) is 6.04 Å². The highest BCUT2D eigenvalue weighted by molar-refractivity contribution is 5.43. The van der Waals surface area contributed by atoms with E-state index in [4.69, 9.17) is 13.9 Å². The molecule has 1 N–H and O–H groups in total. The Labute approximate surface area is 119 Å². The zero-order chi connectivity index (χ0) is 14.4. The molecule has 108 valence electrons. The van der Waals surface area contributed by atoms with Crippen LogP contribution in [0.3, 0.4) is 0 Å². The maximum Gasteiger partial charge on any atom is 0.160 e. The van der Waals surface area contributed by atoms with Crippen molar-refractivity contribution in [3.8, 4) is 11.5 Å². The second-order valence-corrected chi connectivity index (χ2v) is 4.71. The number of methoxy groups -OCH3 is 2. The minimum absolute atomic E-state index is 0.353. The molecule has 4 heteroatoms. The Kier molecular flexibility index (Phi) is 5.07. The SMILES string of the molecule is CNC(Cc1ccoc1)Cc1ccc(OC)c(OC)c1. The first-order valence-electron chi connectivity index (χ1n) is 6.66. The van der Waals surface area contributed by atoms with E-state index in [1.54, 1.807) is 26.7 Å². The van der Waals surface area contributed by atoms with E-state index in [1.165, 1.54) is 11.1 Å². The Morgan fingerprint density at radius 2 is 1.80 bits per heavy atom. The first-order chi connectivity index (χ1) is 9.76. The van der Waals surface area contributed by atoms with E-state index in [0.29, 0.717) is 6.04 Å². The summed E-state index contributed by atoms with van der Waals surface area (Å²) >= 11 is 0. The van der Waals surface area contributed by atoms with Gasteiger partial charge < -0.3 is 19.2 Å². The summed E-state index contributed by atoms with van der Waals surface area (Å²) in [4.78, 5) is 0. The van der Waals surface area contributed by atoms with Crippen LogP contribution in [-0.2, 0) is 12.8 Å². The van der Waals surface area contributed by atoms with Crippen LogP contribution in [0.1, 0.15) is 11.1 Å². The molecule has 2 rings (SSSR count). The van der Waals surface area contributed by atoms with Crippen molar-refractivity contribution in [3.63, 3.8) is 0 Å². The van der Waals surface area contributed by atoms with Crippen molar-refractivity contribution in [2.24, 2.45) is 0 Å². The number of hydrogen-bond donors (Lipinski definition) is 1. The smallest absolute Gasteiger partial charge is 0.160 e. The van der Waals surface area contributed by atoms with Crippen molar-refractivity contribution in [2.45, 2.75) is 18.9 Å². The van der Waals surface area contributed by atoms with Gasteiger partial charge in [-0.15, -0.1) is 0 Å². The first-order valence-corrected chi connectivity index (χ1v) is 6.66. The number of ether oxygens (including phenoxy) is 2. The fraction of sp³-hybridized carbons (Fsp3) is 0.375. The number of nitrogens with one attached hydrogen (secondary N) is 1. The lowest BCUT2D eigenvalue weighted by atomic mass is 10.0. The Hall–Kier alpha value is -1.94. The molecule has 1 aromatic heterocycles. The van der Waals surface area contributed by atoms with Gasteiger partial charge in [0.15, 0.2) is 11.5 Å². The molecule has 0 spiro atoms. The lowest BCUT2D eigenvalue weighted by molar-refractivity contribution is 0.354. The highest BCUT2D eigenvalue weighted by Gasteiger charge is 2.11. The molecule has 0 saturated carbocycles. The van der Waals surface area contributed by atoms with Gasteiger partial charge in [-0.2, -0.15) is 0 Å². The molecular formula is C16H21NO3. The van der Waals surface area contributed by atoms with Crippen molar-refractivity contribution in [3.05, 3.63) is 47.9 Å². The van der Waals surface area contributed by atoms with Gasteiger partial charge in [0.05, 0.1) is 26.7 Å². The van der Waals surface area contributed by atoms with Crippen LogP contribution in [-0.4, -0.2) is 27.3 Å². The third kappa shape index (κ3) is 3.54. The van der Waals surface area contributed by atoms with Gasteiger partial charge in [-0.25, -0.2) is 0 Å². The summed E-state index contributed by atoms with van der Waals surface area (Å²) < 4.78 is 15.7. The van der Waals surface area contributed by atoms with E-state index in [-0.39, 0.29) is 0 Å². The van der Waals surface area contributed by atoms with Crippen LogP contribution >= 0.6 is 0 Å². The van der Waals surface area contributed by atoms with Crippen LogP contribution in [0.15, 0.2) is 41.2 Å². The Morgan fingerprint density at radius 3 is 2.40 bits per heavy atom. The first kappa shape index (κ1) is 14.5. The normalized spacial score (nSPS) is 12.2. The predicted octanol–water partition coefficient (Wildman–Crippen LogP) is 2.67. The summed E-state index contributed by atoms with van der Waals surface area (Å²) in [5, 5.41) is 3.34. The van der Waals surface area contributed by atoms with Crippen LogP contribution in [0.25, 0.3) is 0 Å². The molecule has 1 atom stereocenters. The van der Waals surface area contributed by atoms with Crippen molar-refractivity contribution in [1.29, 1.82) is 0 Å². The average Bonchev–Trinajstić information content (AvgIpc) is 2.99. The molecule has 4 nitrogen and oxygen atoms in total. The van der Waals surface area contributed by atoms with Gasteiger partial charge in [0.1, 0.15) is 0 Å². The molecule has 0 aliphatic carbocycles.